The maximum atomic E-state index is 12.8. The summed E-state index contributed by atoms with van der Waals surface area (Å²) in [6.45, 7) is 3.06. The van der Waals surface area contributed by atoms with Crippen molar-refractivity contribution < 1.29 is 4.39 Å². The topological polar surface area (TPSA) is 27.0 Å². The number of nitrogens with zero attached hydrogens (tertiary/aromatic N) is 2. The van der Waals surface area contributed by atoms with Crippen molar-refractivity contribution in [3.05, 3.63) is 29.6 Å². The maximum absolute atomic E-state index is 12.8. The summed E-state index contributed by atoms with van der Waals surface area (Å²) >= 11 is 0. The van der Waals surface area contributed by atoms with Crippen LogP contribution < -0.4 is 4.90 Å². The van der Waals surface area contributed by atoms with Crippen molar-refractivity contribution in [3.8, 4) is 6.07 Å². The van der Waals surface area contributed by atoms with E-state index in [9.17, 15) is 4.39 Å². The molecule has 1 atom stereocenters. The van der Waals surface area contributed by atoms with E-state index in [4.69, 9.17) is 5.26 Å². The zero-order valence-electron chi connectivity index (χ0n) is 8.00. The highest BCUT2D eigenvalue weighted by Gasteiger charge is 2.25. The van der Waals surface area contributed by atoms with Crippen molar-refractivity contribution in [3.63, 3.8) is 0 Å². The second-order valence-corrected chi connectivity index (χ2v) is 3.60. The first kappa shape index (κ1) is 9.01. The van der Waals surface area contributed by atoms with Crippen LogP contribution in [0.1, 0.15) is 18.9 Å². The van der Waals surface area contributed by atoms with Crippen LogP contribution in [0.15, 0.2) is 18.2 Å². The molecule has 1 aliphatic rings. The van der Waals surface area contributed by atoms with Gasteiger partial charge in [-0.1, -0.05) is 0 Å². The number of hydrogen-bond acceptors (Lipinski definition) is 2. The highest BCUT2D eigenvalue weighted by atomic mass is 19.1. The quantitative estimate of drug-likeness (QED) is 0.679. The number of hydrogen-bond donors (Lipinski definition) is 0. The van der Waals surface area contributed by atoms with Crippen LogP contribution in [0.4, 0.5) is 10.1 Å². The average molecular weight is 190 g/mol. The molecule has 0 spiro atoms. The van der Waals surface area contributed by atoms with Crippen LogP contribution in [0.2, 0.25) is 0 Å². The molecule has 0 saturated carbocycles. The lowest BCUT2D eigenvalue weighted by molar-refractivity contribution is 0.480. The summed E-state index contributed by atoms with van der Waals surface area (Å²) in [6.07, 6.45) is 1.14. The monoisotopic (exact) mass is 190 g/mol. The van der Waals surface area contributed by atoms with Crippen LogP contribution in [-0.4, -0.2) is 12.6 Å². The first-order chi connectivity index (χ1) is 6.72. The van der Waals surface area contributed by atoms with E-state index < -0.39 is 0 Å². The van der Waals surface area contributed by atoms with Crippen LogP contribution in [0.5, 0.6) is 0 Å². The van der Waals surface area contributed by atoms with E-state index in [1.54, 1.807) is 6.07 Å². The van der Waals surface area contributed by atoms with Gasteiger partial charge in [0, 0.05) is 12.6 Å². The molecule has 0 amide bonds. The molecule has 1 fully saturated rings. The average Bonchev–Trinajstić information content (AvgIpc) is 2.18. The number of benzene rings is 1. The van der Waals surface area contributed by atoms with Crippen molar-refractivity contribution in [2.24, 2.45) is 0 Å². The molecule has 1 heterocycles. The Morgan fingerprint density at radius 1 is 1.57 bits per heavy atom. The zero-order chi connectivity index (χ0) is 10.1. The molecule has 0 bridgehead atoms. The predicted molar refractivity (Wildman–Crippen MR) is 52.5 cm³/mol. The minimum Gasteiger partial charge on any atom is -0.368 e. The Morgan fingerprint density at radius 3 is 2.86 bits per heavy atom. The summed E-state index contributed by atoms with van der Waals surface area (Å²) < 4.78 is 12.8. The van der Waals surface area contributed by atoms with Crippen molar-refractivity contribution in [1.29, 1.82) is 5.26 Å². The van der Waals surface area contributed by atoms with Crippen molar-refractivity contribution in [2.75, 3.05) is 11.4 Å². The van der Waals surface area contributed by atoms with Crippen LogP contribution in [0.25, 0.3) is 0 Å². The minimum atomic E-state index is -0.349. The molecule has 1 saturated heterocycles. The Morgan fingerprint density at radius 2 is 2.36 bits per heavy atom. The fourth-order valence-electron chi connectivity index (χ4n) is 1.72. The second kappa shape index (κ2) is 3.30. The van der Waals surface area contributed by atoms with E-state index in [0.717, 1.165) is 18.7 Å². The molecule has 0 radical (unpaired) electrons. The van der Waals surface area contributed by atoms with Crippen molar-refractivity contribution in [1.82, 2.24) is 0 Å². The molecule has 1 aromatic rings. The molecule has 2 nitrogen and oxygen atoms in total. The van der Waals surface area contributed by atoms with E-state index in [2.05, 4.69) is 11.8 Å². The van der Waals surface area contributed by atoms with E-state index >= 15 is 0 Å². The lowest BCUT2D eigenvalue weighted by atomic mass is 10.0. The van der Waals surface area contributed by atoms with Gasteiger partial charge in [0.2, 0.25) is 0 Å². The standard InChI is InChI=1S/C11H11FN2/c1-8-4-5-14(8)11-3-2-10(12)6-9(11)7-13/h2-3,6,8H,4-5H2,1H3. The fraction of sp³-hybridized carbons (Fsp3) is 0.364. The van der Waals surface area contributed by atoms with Gasteiger partial charge in [-0.05, 0) is 31.5 Å². The van der Waals surface area contributed by atoms with E-state index in [1.165, 1.54) is 12.1 Å². The summed E-state index contributed by atoms with van der Waals surface area (Å²) in [7, 11) is 0. The largest absolute Gasteiger partial charge is 0.368 e. The van der Waals surface area contributed by atoms with Gasteiger partial charge < -0.3 is 4.90 Å². The Hall–Kier alpha value is -1.56. The second-order valence-electron chi connectivity index (χ2n) is 3.60. The maximum Gasteiger partial charge on any atom is 0.124 e. The van der Waals surface area contributed by atoms with Gasteiger partial charge >= 0.3 is 0 Å². The van der Waals surface area contributed by atoms with Gasteiger partial charge in [0.25, 0.3) is 0 Å². The van der Waals surface area contributed by atoms with Crippen LogP contribution in [-0.2, 0) is 0 Å². The molecule has 72 valence electrons. The third kappa shape index (κ3) is 1.33. The van der Waals surface area contributed by atoms with E-state index in [-0.39, 0.29) is 5.82 Å². The number of rotatable bonds is 1. The number of halogens is 1. The molecule has 1 aliphatic heterocycles. The highest BCUT2D eigenvalue weighted by molar-refractivity contribution is 5.61. The van der Waals surface area contributed by atoms with Gasteiger partial charge in [-0.15, -0.1) is 0 Å². The molecule has 0 aromatic heterocycles. The molecule has 1 aromatic carbocycles. The fourth-order valence-corrected chi connectivity index (χ4v) is 1.72. The number of anilines is 1. The van der Waals surface area contributed by atoms with Gasteiger partial charge in [-0.25, -0.2) is 4.39 Å². The van der Waals surface area contributed by atoms with Crippen LogP contribution in [0, 0.1) is 17.1 Å². The zero-order valence-corrected chi connectivity index (χ0v) is 8.00. The van der Waals surface area contributed by atoms with Crippen molar-refractivity contribution >= 4 is 5.69 Å². The Labute approximate surface area is 82.6 Å². The Kier molecular flexibility index (Phi) is 2.12. The van der Waals surface area contributed by atoms with Gasteiger partial charge in [-0.2, -0.15) is 5.26 Å². The first-order valence-electron chi connectivity index (χ1n) is 4.68. The van der Waals surface area contributed by atoms with Crippen molar-refractivity contribution in [2.45, 2.75) is 19.4 Å². The molecule has 14 heavy (non-hydrogen) atoms. The molecule has 1 unspecified atom stereocenters. The Bertz CT molecular complexity index is 395. The summed E-state index contributed by atoms with van der Waals surface area (Å²) in [6, 6.07) is 6.87. The molecule has 2 rings (SSSR count). The molecule has 0 aliphatic carbocycles. The van der Waals surface area contributed by atoms with E-state index in [1.807, 2.05) is 6.07 Å². The van der Waals surface area contributed by atoms with Gasteiger partial charge in [-0.3, -0.25) is 0 Å². The molecule has 0 N–H and O–H groups in total. The first-order valence-corrected chi connectivity index (χ1v) is 4.68. The Balaban J connectivity index is 2.38. The summed E-state index contributed by atoms with van der Waals surface area (Å²) in [5.41, 5.74) is 1.28. The third-order valence-corrected chi connectivity index (χ3v) is 2.71. The van der Waals surface area contributed by atoms with Crippen LogP contribution >= 0.6 is 0 Å². The third-order valence-electron chi connectivity index (χ3n) is 2.71. The normalized spacial score (nSPS) is 20.1. The SMILES string of the molecule is CC1CCN1c1ccc(F)cc1C#N. The summed E-state index contributed by atoms with van der Waals surface area (Å²) in [5, 5.41) is 8.85. The minimum absolute atomic E-state index is 0.349. The molecular weight excluding hydrogens is 179 g/mol. The van der Waals surface area contributed by atoms with Gasteiger partial charge in [0.15, 0.2) is 0 Å². The predicted octanol–water partition coefficient (Wildman–Crippen LogP) is 2.30. The van der Waals surface area contributed by atoms with E-state index in [0.29, 0.717) is 11.6 Å². The molecule has 3 heteroatoms. The highest BCUT2D eigenvalue weighted by Crippen LogP contribution is 2.29. The summed E-state index contributed by atoms with van der Waals surface area (Å²) in [5.74, 6) is -0.349. The van der Waals surface area contributed by atoms with Crippen LogP contribution in [0.3, 0.4) is 0 Å². The lowest BCUT2D eigenvalue weighted by Gasteiger charge is -2.41. The molecular formula is C11H11FN2. The summed E-state index contributed by atoms with van der Waals surface area (Å²) in [4.78, 5) is 2.12. The van der Waals surface area contributed by atoms with Gasteiger partial charge in [0.05, 0.1) is 11.3 Å². The van der Waals surface area contributed by atoms with Gasteiger partial charge in [0.1, 0.15) is 11.9 Å². The number of nitriles is 1. The smallest absolute Gasteiger partial charge is 0.124 e. The lowest BCUT2D eigenvalue weighted by Crippen LogP contribution is -2.46.